The van der Waals surface area contributed by atoms with Crippen LogP contribution in [0, 0.1) is 0 Å². The Bertz CT molecular complexity index is 2300. The summed E-state index contributed by atoms with van der Waals surface area (Å²) in [4.78, 5) is 38.9. The van der Waals surface area contributed by atoms with E-state index in [1.54, 1.807) is 49.5 Å². The van der Waals surface area contributed by atoms with Crippen molar-refractivity contribution in [3.8, 4) is 29.4 Å². The summed E-state index contributed by atoms with van der Waals surface area (Å²) >= 11 is 0. The van der Waals surface area contributed by atoms with Gasteiger partial charge < -0.3 is 131 Å². The van der Waals surface area contributed by atoms with Gasteiger partial charge in [0.25, 0.3) is 0 Å². The van der Waals surface area contributed by atoms with E-state index in [1.165, 1.54) is 7.11 Å². The molecule has 25 N–H and O–H groups in total. The van der Waals surface area contributed by atoms with Crippen molar-refractivity contribution in [1.29, 1.82) is 0 Å². The molecule has 0 unspecified atom stereocenters. The summed E-state index contributed by atoms with van der Waals surface area (Å²) in [5, 5.41) is 14.0. The summed E-state index contributed by atoms with van der Waals surface area (Å²) in [6.45, 7) is 7.88. The smallest absolute Gasteiger partial charge is 0.246 e. The molecule has 5 aromatic rings. The fourth-order valence-electron chi connectivity index (χ4n) is 5.06. The Balaban J connectivity index is 0.000000475. The van der Waals surface area contributed by atoms with Gasteiger partial charge in [0.15, 0.2) is 42.7 Å². The van der Waals surface area contributed by atoms with Gasteiger partial charge in [0.2, 0.25) is 59.1 Å². The van der Waals surface area contributed by atoms with Crippen LogP contribution in [0.15, 0.2) is 0 Å². The molecule has 35 nitrogen and oxygen atoms in total. The molecule has 5 heterocycles. The van der Waals surface area contributed by atoms with Crippen LogP contribution in [0.4, 0.5) is 87.3 Å². The molecule has 0 saturated heterocycles. The predicted octanol–water partition coefficient (Wildman–Crippen LogP) is -0.375. The van der Waals surface area contributed by atoms with Gasteiger partial charge in [-0.25, -0.2) is 0 Å². The van der Waals surface area contributed by atoms with Crippen LogP contribution in [-0.4, -0.2) is 173 Å². The third-order valence-electron chi connectivity index (χ3n) is 8.55. The van der Waals surface area contributed by atoms with Crippen molar-refractivity contribution in [2.75, 3.05) is 207 Å². The number of hydrogen-bond donors (Lipinski definition) is 15. The molecular formula is C41H77N25O10. The van der Waals surface area contributed by atoms with Gasteiger partial charge in [-0.3, -0.25) is 0 Å². The van der Waals surface area contributed by atoms with Crippen molar-refractivity contribution in [2.24, 2.45) is 0 Å². The van der Waals surface area contributed by atoms with E-state index >= 15 is 0 Å². The first-order chi connectivity index (χ1) is 36.4. The zero-order valence-corrected chi connectivity index (χ0v) is 44.6. The molecule has 76 heavy (non-hydrogen) atoms. The Kier molecular flexibility index (Phi) is 31.8. The monoisotopic (exact) mass is 1080 g/mol. The second-order valence-corrected chi connectivity index (χ2v) is 13.9. The molecule has 0 atom stereocenters. The van der Waals surface area contributed by atoms with Crippen molar-refractivity contribution in [3.63, 3.8) is 0 Å². The molecular weight excluding hydrogens is 1000 g/mol. The Morgan fingerprint density at radius 2 is 0.605 bits per heavy atom. The van der Waals surface area contributed by atoms with E-state index in [1.807, 2.05) is 13.8 Å². The van der Waals surface area contributed by atoms with Crippen LogP contribution in [0.1, 0.15) is 20.3 Å². The lowest BCUT2D eigenvalue weighted by Crippen LogP contribution is -2.12. The summed E-state index contributed by atoms with van der Waals surface area (Å²) < 4.78 is 50.9. The third kappa shape index (κ3) is 23.4. The van der Waals surface area contributed by atoms with Crippen molar-refractivity contribution in [1.82, 2.24) is 49.8 Å². The highest BCUT2D eigenvalue weighted by atomic mass is 16.7. The second-order valence-electron chi connectivity index (χ2n) is 13.9. The minimum Gasteiger partial charge on any atom is -0.476 e. The maximum absolute atomic E-state index is 5.78. The van der Waals surface area contributed by atoms with Gasteiger partial charge >= 0.3 is 0 Å². The molecule has 0 aromatic carbocycles. The number of aromatic nitrogens is 10. The highest BCUT2D eigenvalue weighted by Crippen LogP contribution is 2.30. The van der Waals surface area contributed by atoms with Crippen LogP contribution < -0.4 is 108 Å². The van der Waals surface area contributed by atoms with Crippen LogP contribution in [-0.2, 0) is 23.7 Å². The first-order valence-electron chi connectivity index (χ1n) is 22.7. The fourth-order valence-corrected chi connectivity index (χ4v) is 5.06. The Morgan fingerprint density at radius 3 is 0.895 bits per heavy atom. The number of nitrogen functional groups attached to an aromatic ring is 10. The van der Waals surface area contributed by atoms with Crippen LogP contribution in [0.5, 0.6) is 29.4 Å². The van der Waals surface area contributed by atoms with E-state index in [4.69, 9.17) is 105 Å². The van der Waals surface area contributed by atoms with Crippen LogP contribution in [0.3, 0.4) is 0 Å². The summed E-state index contributed by atoms with van der Waals surface area (Å²) in [7, 11) is 13.2. The average molecular weight is 1080 g/mol. The zero-order chi connectivity index (χ0) is 57.0. The minimum absolute atomic E-state index is 0.0593. The van der Waals surface area contributed by atoms with E-state index in [0.29, 0.717) is 116 Å². The SMILES string of the molecule is CCOCCOc1nc(N)nc(NC)c1N.CCOCOc1nc(N)nc(NC)c1N.CNc1nc(N)nc(OCCCOC)c1N.CNc1nc(N)nc(OCCOC)c1N.CNc1nc(N)nc(OCOC)c1N. The normalized spacial score (nSPS) is 10.0. The lowest BCUT2D eigenvalue weighted by atomic mass is 10.4. The molecule has 0 amide bonds. The lowest BCUT2D eigenvalue weighted by Gasteiger charge is -2.11. The molecule has 0 aliphatic carbocycles. The molecule has 0 aliphatic rings. The zero-order valence-electron chi connectivity index (χ0n) is 44.6. The number of nitrogens with one attached hydrogen (secondary N) is 5. The van der Waals surface area contributed by atoms with Gasteiger partial charge in [-0.1, -0.05) is 0 Å². The quantitative estimate of drug-likeness (QED) is 0.0248. The molecule has 0 fully saturated rings. The van der Waals surface area contributed by atoms with E-state index in [9.17, 15) is 0 Å². The fraction of sp³-hybridized carbons (Fsp3) is 0.512. The number of nitrogens with zero attached hydrogens (tertiary/aromatic N) is 10. The van der Waals surface area contributed by atoms with E-state index in [2.05, 4.69) is 76.4 Å². The maximum Gasteiger partial charge on any atom is 0.246 e. The molecule has 0 saturated carbocycles. The largest absolute Gasteiger partial charge is 0.476 e. The molecule has 0 aliphatic heterocycles. The first kappa shape index (κ1) is 65.2. The Morgan fingerprint density at radius 1 is 0.316 bits per heavy atom. The average Bonchev–Trinajstić information content (AvgIpc) is 3.40. The molecule has 5 aromatic heterocycles. The van der Waals surface area contributed by atoms with Gasteiger partial charge in [-0.2, -0.15) is 49.8 Å². The van der Waals surface area contributed by atoms with Gasteiger partial charge in [0.1, 0.15) is 41.7 Å². The molecule has 0 bridgehead atoms. The summed E-state index contributed by atoms with van der Waals surface area (Å²) in [5.74, 6) is 4.07. The molecule has 0 spiro atoms. The van der Waals surface area contributed by atoms with Crippen LogP contribution in [0.2, 0.25) is 0 Å². The third-order valence-corrected chi connectivity index (χ3v) is 8.55. The van der Waals surface area contributed by atoms with Crippen molar-refractivity contribution < 1.29 is 47.4 Å². The summed E-state index contributed by atoms with van der Waals surface area (Å²) in [6.07, 6.45) is 0.759. The maximum atomic E-state index is 5.78. The number of rotatable bonds is 26. The van der Waals surface area contributed by atoms with E-state index in [-0.39, 0.29) is 66.8 Å². The minimum atomic E-state index is 0.0593. The molecule has 0 radical (unpaired) electrons. The topological polar surface area (TPSA) is 542 Å². The first-order valence-corrected chi connectivity index (χ1v) is 22.7. The van der Waals surface area contributed by atoms with Crippen LogP contribution in [0.25, 0.3) is 0 Å². The van der Waals surface area contributed by atoms with Gasteiger partial charge in [0, 0.05) is 82.8 Å². The molecule has 35 heteroatoms. The number of nitrogens with two attached hydrogens (primary N) is 10. The van der Waals surface area contributed by atoms with E-state index in [0.717, 1.165) is 6.42 Å². The number of anilines is 15. The number of hydrogen-bond acceptors (Lipinski definition) is 35. The Hall–Kier alpha value is -8.80. The van der Waals surface area contributed by atoms with E-state index < -0.39 is 0 Å². The lowest BCUT2D eigenvalue weighted by molar-refractivity contribution is 0.0202. The molecule has 5 rings (SSSR count). The second kappa shape index (κ2) is 37.0. The standard InChI is InChI=1S/2C9H17N5O2.2C8H15N5O2.C7H13N5O2/c1-12-7-6(10)8(14-9(11)13-7)16-5-3-4-15-2;1-3-15-4-5-16-8-6(10)7(12-2)13-9(11)14-8;1-11-6-5(9)7(13-8(10)12-6)15-4-3-14-2;1-3-14-4-15-7-5(9)6(11-2)12-8(10)13-7;1-10-5-4(8)6(14-3-13-2)12-7(9)11-5/h2*3-5,10H2,1-2H3,(H3,11,12,13,14);2*3-4,9H2,1-2H3,(H3,10,11,12,13);3,8H2,1-2H3,(H3,9,10,11,12). The van der Waals surface area contributed by atoms with Gasteiger partial charge in [0.05, 0.1) is 19.8 Å². The van der Waals surface area contributed by atoms with Gasteiger partial charge in [-0.15, -0.1) is 0 Å². The van der Waals surface area contributed by atoms with Gasteiger partial charge in [-0.05, 0) is 13.8 Å². The number of methoxy groups -OCH3 is 3. The summed E-state index contributed by atoms with van der Waals surface area (Å²) in [5.41, 5.74) is 57.7. The number of ether oxygens (including phenoxy) is 10. The van der Waals surface area contributed by atoms with Crippen molar-refractivity contribution in [3.05, 3.63) is 0 Å². The summed E-state index contributed by atoms with van der Waals surface area (Å²) in [6, 6.07) is 0. The van der Waals surface area contributed by atoms with Crippen molar-refractivity contribution >= 4 is 87.3 Å². The predicted molar refractivity (Wildman–Crippen MR) is 293 cm³/mol. The van der Waals surface area contributed by atoms with Crippen molar-refractivity contribution in [2.45, 2.75) is 20.3 Å². The Labute approximate surface area is 440 Å². The highest BCUT2D eigenvalue weighted by molar-refractivity contribution is 5.71. The highest BCUT2D eigenvalue weighted by Gasteiger charge is 2.14. The van der Waals surface area contributed by atoms with Crippen LogP contribution >= 0.6 is 0 Å². The molecule has 426 valence electrons.